The maximum atomic E-state index is 13.2. The molecule has 0 aliphatic heterocycles. The Labute approximate surface area is 232 Å². The quantitative estimate of drug-likeness (QED) is 0.123. The SMILES string of the molecule is CC(C)C(C)(C)CC(C)(C(=O)OCCCCCCOc1ccc(/C=C/C(=O)OCC(F)(F)F)cc1)C(C)(C)C. The third-order valence-corrected chi connectivity index (χ3v) is 7.69. The molecule has 0 saturated carbocycles. The molecule has 0 N–H and O–H groups in total. The molecule has 5 nitrogen and oxygen atoms in total. The van der Waals surface area contributed by atoms with Crippen molar-refractivity contribution >= 4 is 18.0 Å². The minimum absolute atomic E-state index is 0.0195. The monoisotopic (exact) mass is 556 g/mol. The molecule has 0 aromatic heterocycles. The van der Waals surface area contributed by atoms with E-state index in [4.69, 9.17) is 9.47 Å². The molecule has 0 spiro atoms. The first kappa shape index (κ1) is 34.5. The molecule has 1 atom stereocenters. The maximum Gasteiger partial charge on any atom is 0.422 e. The highest BCUT2D eigenvalue weighted by molar-refractivity contribution is 5.87. The van der Waals surface area contributed by atoms with Gasteiger partial charge in [0, 0.05) is 6.08 Å². The van der Waals surface area contributed by atoms with E-state index < -0.39 is 24.2 Å². The number of esters is 2. The summed E-state index contributed by atoms with van der Waals surface area (Å²) in [5, 5.41) is 0. The van der Waals surface area contributed by atoms with Crippen molar-refractivity contribution in [3.63, 3.8) is 0 Å². The minimum atomic E-state index is -4.55. The fourth-order valence-corrected chi connectivity index (χ4v) is 3.87. The van der Waals surface area contributed by atoms with Gasteiger partial charge in [-0.15, -0.1) is 0 Å². The van der Waals surface area contributed by atoms with Crippen molar-refractivity contribution in [1.82, 2.24) is 0 Å². The first-order valence-electron chi connectivity index (χ1n) is 13.7. The topological polar surface area (TPSA) is 61.8 Å². The Hall–Kier alpha value is -2.51. The van der Waals surface area contributed by atoms with Gasteiger partial charge in [-0.1, -0.05) is 60.6 Å². The second-order valence-electron chi connectivity index (χ2n) is 12.4. The second kappa shape index (κ2) is 14.8. The van der Waals surface area contributed by atoms with Crippen LogP contribution in [-0.2, 0) is 19.1 Å². The van der Waals surface area contributed by atoms with E-state index >= 15 is 0 Å². The standard InChI is InChI=1S/C31H47F3O5/c1-23(2)29(6,7)21-30(8,28(3,4)5)27(36)38-20-12-10-9-11-19-37-25-16-13-24(14-17-25)15-18-26(35)39-22-31(32,33)34/h13-18,23H,9-12,19-22H2,1-8H3/b18-15+. The molecule has 39 heavy (non-hydrogen) atoms. The van der Waals surface area contributed by atoms with Crippen molar-refractivity contribution in [3.8, 4) is 5.75 Å². The van der Waals surface area contributed by atoms with E-state index in [9.17, 15) is 22.8 Å². The molecule has 1 unspecified atom stereocenters. The summed E-state index contributed by atoms with van der Waals surface area (Å²) in [6, 6.07) is 6.86. The van der Waals surface area contributed by atoms with Crippen LogP contribution in [0.25, 0.3) is 6.08 Å². The van der Waals surface area contributed by atoms with Crippen molar-refractivity contribution in [1.29, 1.82) is 0 Å². The van der Waals surface area contributed by atoms with Crippen LogP contribution in [-0.4, -0.2) is 37.9 Å². The molecular formula is C31H47F3O5. The predicted octanol–water partition coefficient (Wildman–Crippen LogP) is 8.41. The van der Waals surface area contributed by atoms with E-state index in [2.05, 4.69) is 53.2 Å². The second-order valence-corrected chi connectivity index (χ2v) is 12.4. The predicted molar refractivity (Wildman–Crippen MR) is 148 cm³/mol. The van der Waals surface area contributed by atoms with Gasteiger partial charge in [-0.2, -0.15) is 13.2 Å². The molecule has 1 aromatic carbocycles. The number of benzene rings is 1. The summed E-state index contributed by atoms with van der Waals surface area (Å²) in [6.07, 6.45) is 2.06. The number of halogens is 3. The molecular weight excluding hydrogens is 509 g/mol. The number of unbranched alkanes of at least 4 members (excludes halogenated alkanes) is 3. The molecule has 0 fully saturated rings. The molecule has 1 rings (SSSR count). The average molecular weight is 557 g/mol. The van der Waals surface area contributed by atoms with Gasteiger partial charge in [-0.25, -0.2) is 4.79 Å². The lowest BCUT2D eigenvalue weighted by atomic mass is 9.59. The number of alkyl halides is 3. The van der Waals surface area contributed by atoms with E-state index in [1.807, 2.05) is 6.92 Å². The third-order valence-electron chi connectivity index (χ3n) is 7.69. The summed E-state index contributed by atoms with van der Waals surface area (Å²) >= 11 is 0. The highest BCUT2D eigenvalue weighted by atomic mass is 19.4. The third kappa shape index (κ3) is 12.5. The van der Waals surface area contributed by atoms with E-state index in [0.717, 1.165) is 38.2 Å². The Kier molecular flexibility index (Phi) is 13.1. The van der Waals surface area contributed by atoms with Crippen LogP contribution in [0.15, 0.2) is 30.3 Å². The molecule has 1 aromatic rings. The highest BCUT2D eigenvalue weighted by Gasteiger charge is 2.49. The van der Waals surface area contributed by atoms with Crippen molar-refractivity contribution in [2.45, 2.75) is 93.7 Å². The van der Waals surface area contributed by atoms with Gasteiger partial charge in [-0.05, 0) is 79.5 Å². The lowest BCUT2D eigenvalue weighted by molar-refractivity contribution is -0.182. The van der Waals surface area contributed by atoms with Gasteiger partial charge >= 0.3 is 18.1 Å². The van der Waals surface area contributed by atoms with Crippen LogP contribution in [0, 0.1) is 22.2 Å². The van der Waals surface area contributed by atoms with Crippen LogP contribution in [0.2, 0.25) is 0 Å². The number of carbonyl (C=O) groups excluding carboxylic acids is 2. The molecule has 0 bridgehead atoms. The van der Waals surface area contributed by atoms with Crippen LogP contribution in [0.3, 0.4) is 0 Å². The molecule has 222 valence electrons. The van der Waals surface area contributed by atoms with Crippen LogP contribution < -0.4 is 4.74 Å². The van der Waals surface area contributed by atoms with E-state index in [0.29, 0.717) is 30.4 Å². The number of ether oxygens (including phenoxy) is 3. The zero-order chi connectivity index (χ0) is 29.9. The van der Waals surface area contributed by atoms with Crippen LogP contribution >= 0.6 is 0 Å². The first-order chi connectivity index (χ1) is 17.9. The van der Waals surface area contributed by atoms with Gasteiger partial charge in [0.1, 0.15) is 5.75 Å². The minimum Gasteiger partial charge on any atom is -0.494 e. The molecule has 0 saturated heterocycles. The fraction of sp³-hybridized carbons (Fsp3) is 0.677. The van der Waals surface area contributed by atoms with Gasteiger partial charge in [0.15, 0.2) is 6.61 Å². The molecule has 8 heteroatoms. The van der Waals surface area contributed by atoms with Gasteiger partial charge in [0.2, 0.25) is 0 Å². The summed E-state index contributed by atoms with van der Waals surface area (Å²) in [4.78, 5) is 24.5. The fourth-order valence-electron chi connectivity index (χ4n) is 3.87. The van der Waals surface area contributed by atoms with E-state index in [-0.39, 0.29) is 16.8 Å². The summed E-state index contributed by atoms with van der Waals surface area (Å²) in [6.45, 7) is 16.5. The van der Waals surface area contributed by atoms with E-state index in [1.165, 1.54) is 6.08 Å². The Balaban J connectivity index is 2.35. The lowest BCUT2D eigenvalue weighted by Gasteiger charge is -2.45. The number of rotatable bonds is 15. The molecule has 0 heterocycles. The average Bonchev–Trinajstić information content (AvgIpc) is 2.82. The van der Waals surface area contributed by atoms with Crippen molar-refractivity contribution < 1.29 is 37.0 Å². The maximum absolute atomic E-state index is 13.2. The molecule has 0 radical (unpaired) electrons. The zero-order valence-corrected chi connectivity index (χ0v) is 24.9. The van der Waals surface area contributed by atoms with Crippen LogP contribution in [0.4, 0.5) is 13.2 Å². The summed E-state index contributed by atoms with van der Waals surface area (Å²) in [5.41, 5.74) is -0.136. The Bertz CT molecular complexity index is 927. The van der Waals surface area contributed by atoms with E-state index in [1.54, 1.807) is 24.3 Å². The molecule has 0 amide bonds. The lowest BCUT2D eigenvalue weighted by Crippen LogP contribution is -2.45. The van der Waals surface area contributed by atoms with Crippen molar-refractivity contribution in [2.75, 3.05) is 19.8 Å². The van der Waals surface area contributed by atoms with Crippen LogP contribution in [0.1, 0.15) is 93.1 Å². The van der Waals surface area contributed by atoms with Gasteiger partial charge in [0.05, 0.1) is 18.6 Å². The van der Waals surface area contributed by atoms with Crippen LogP contribution in [0.5, 0.6) is 5.75 Å². The Morgan fingerprint density at radius 2 is 1.41 bits per heavy atom. The van der Waals surface area contributed by atoms with Crippen molar-refractivity contribution in [3.05, 3.63) is 35.9 Å². The van der Waals surface area contributed by atoms with Gasteiger partial charge in [-0.3, -0.25) is 4.79 Å². The van der Waals surface area contributed by atoms with Gasteiger partial charge < -0.3 is 14.2 Å². The first-order valence-corrected chi connectivity index (χ1v) is 13.7. The van der Waals surface area contributed by atoms with Crippen molar-refractivity contribution in [2.24, 2.45) is 22.2 Å². The number of hydrogen-bond donors (Lipinski definition) is 0. The molecule has 0 aliphatic rings. The van der Waals surface area contributed by atoms with Gasteiger partial charge in [0.25, 0.3) is 0 Å². The largest absolute Gasteiger partial charge is 0.494 e. The normalized spacial score (nSPS) is 14.4. The Morgan fingerprint density at radius 1 is 0.846 bits per heavy atom. The summed E-state index contributed by atoms with van der Waals surface area (Å²) in [5.74, 6) is -0.0647. The number of hydrogen-bond acceptors (Lipinski definition) is 5. The molecule has 0 aliphatic carbocycles. The zero-order valence-electron chi connectivity index (χ0n) is 24.9. The highest BCUT2D eigenvalue weighted by Crippen LogP contribution is 2.49. The Morgan fingerprint density at radius 3 is 1.92 bits per heavy atom. The summed E-state index contributed by atoms with van der Waals surface area (Å²) in [7, 11) is 0. The smallest absolute Gasteiger partial charge is 0.422 e. The summed E-state index contributed by atoms with van der Waals surface area (Å²) < 4.78 is 51.8. The number of carbonyl (C=O) groups is 2.